The summed E-state index contributed by atoms with van der Waals surface area (Å²) in [4.78, 5) is 13.7. The number of nitrogens with one attached hydrogen (secondary N) is 1. The lowest BCUT2D eigenvalue weighted by Gasteiger charge is -2.18. The van der Waals surface area contributed by atoms with Gasteiger partial charge in [-0.1, -0.05) is 6.07 Å². The van der Waals surface area contributed by atoms with Crippen LogP contribution in [-0.2, 0) is 9.53 Å². The molecule has 0 aliphatic carbocycles. The van der Waals surface area contributed by atoms with Crippen LogP contribution in [-0.4, -0.2) is 32.7 Å². The van der Waals surface area contributed by atoms with Gasteiger partial charge in [0.2, 0.25) is 5.91 Å². The molecule has 1 heterocycles. The van der Waals surface area contributed by atoms with Gasteiger partial charge < -0.3 is 15.0 Å². The second-order valence-corrected chi connectivity index (χ2v) is 4.23. The van der Waals surface area contributed by atoms with Gasteiger partial charge in [0.15, 0.2) is 0 Å². The first-order valence-corrected chi connectivity index (χ1v) is 5.93. The fourth-order valence-corrected chi connectivity index (χ4v) is 2.08. The Morgan fingerprint density at radius 1 is 1.41 bits per heavy atom. The van der Waals surface area contributed by atoms with E-state index >= 15 is 0 Å². The molecular formula is C13H18N2O2. The first kappa shape index (κ1) is 11.9. The summed E-state index contributed by atoms with van der Waals surface area (Å²) in [5.74, 6) is -0.119. The molecule has 0 atom stereocenters. The first-order chi connectivity index (χ1) is 8.29. The van der Waals surface area contributed by atoms with Crippen LogP contribution in [0.4, 0.5) is 11.4 Å². The molecule has 0 unspecified atom stereocenters. The number of ether oxygens (including phenoxy) is 1. The van der Waals surface area contributed by atoms with Crippen LogP contribution >= 0.6 is 0 Å². The molecule has 0 aromatic heterocycles. The highest BCUT2D eigenvalue weighted by atomic mass is 16.5. The molecular weight excluding hydrogens is 216 g/mol. The molecule has 2 rings (SSSR count). The smallest absolute Gasteiger partial charge is 0.250 e. The van der Waals surface area contributed by atoms with Crippen molar-refractivity contribution in [3.63, 3.8) is 0 Å². The van der Waals surface area contributed by atoms with Crippen molar-refractivity contribution in [2.24, 2.45) is 0 Å². The van der Waals surface area contributed by atoms with Gasteiger partial charge in [0.05, 0.1) is 0 Å². The summed E-state index contributed by atoms with van der Waals surface area (Å²) in [5.41, 5.74) is 2.01. The van der Waals surface area contributed by atoms with Crippen LogP contribution in [0.5, 0.6) is 0 Å². The quantitative estimate of drug-likeness (QED) is 0.864. The predicted molar refractivity (Wildman–Crippen MR) is 68.4 cm³/mol. The summed E-state index contributed by atoms with van der Waals surface area (Å²) in [6, 6.07) is 7.96. The Morgan fingerprint density at radius 3 is 2.88 bits per heavy atom. The molecule has 1 aliphatic rings. The first-order valence-electron chi connectivity index (χ1n) is 5.93. The molecule has 1 fully saturated rings. The standard InChI is InChI=1S/C13H18N2O2/c1-17-10-13(16)14-11-5-4-6-12(9-11)15-7-2-3-8-15/h4-6,9H,2-3,7-8,10H2,1H3,(H,14,16). The van der Waals surface area contributed by atoms with Gasteiger partial charge in [-0.05, 0) is 31.0 Å². The largest absolute Gasteiger partial charge is 0.375 e. The van der Waals surface area contributed by atoms with Crippen molar-refractivity contribution < 1.29 is 9.53 Å². The number of benzene rings is 1. The SMILES string of the molecule is COCC(=O)Nc1cccc(N2CCCC2)c1. The minimum Gasteiger partial charge on any atom is -0.375 e. The molecule has 1 amide bonds. The van der Waals surface area contributed by atoms with Crippen LogP contribution in [0.1, 0.15) is 12.8 Å². The van der Waals surface area contributed by atoms with Gasteiger partial charge in [-0.25, -0.2) is 0 Å². The van der Waals surface area contributed by atoms with Gasteiger partial charge in [-0.2, -0.15) is 0 Å². The Bertz CT molecular complexity index is 387. The Balaban J connectivity index is 2.03. The van der Waals surface area contributed by atoms with E-state index in [1.807, 2.05) is 18.2 Å². The minimum atomic E-state index is -0.119. The Kier molecular flexibility index (Phi) is 3.98. The maximum absolute atomic E-state index is 11.4. The molecule has 1 N–H and O–H groups in total. The van der Waals surface area contributed by atoms with Crippen molar-refractivity contribution in [2.75, 3.05) is 37.0 Å². The molecule has 4 heteroatoms. The summed E-state index contributed by atoms with van der Waals surface area (Å²) >= 11 is 0. The third kappa shape index (κ3) is 3.20. The van der Waals surface area contributed by atoms with Crippen LogP contribution in [0, 0.1) is 0 Å². The van der Waals surface area contributed by atoms with E-state index in [-0.39, 0.29) is 12.5 Å². The molecule has 4 nitrogen and oxygen atoms in total. The average molecular weight is 234 g/mol. The zero-order valence-electron chi connectivity index (χ0n) is 10.1. The monoisotopic (exact) mass is 234 g/mol. The molecule has 0 spiro atoms. The second kappa shape index (κ2) is 5.68. The van der Waals surface area contributed by atoms with Crippen molar-refractivity contribution in [2.45, 2.75) is 12.8 Å². The van der Waals surface area contributed by atoms with Gasteiger partial charge in [-0.3, -0.25) is 4.79 Å². The molecule has 1 aromatic carbocycles. The predicted octanol–water partition coefficient (Wildman–Crippen LogP) is 1.87. The number of nitrogens with zero attached hydrogens (tertiary/aromatic N) is 1. The van der Waals surface area contributed by atoms with E-state index in [0.717, 1.165) is 18.8 Å². The maximum Gasteiger partial charge on any atom is 0.250 e. The highest BCUT2D eigenvalue weighted by Crippen LogP contribution is 2.23. The van der Waals surface area contributed by atoms with Gasteiger partial charge in [0, 0.05) is 31.6 Å². The fraction of sp³-hybridized carbons (Fsp3) is 0.462. The second-order valence-electron chi connectivity index (χ2n) is 4.23. The number of carbonyl (C=O) groups is 1. The van der Waals surface area contributed by atoms with E-state index in [0.29, 0.717) is 0 Å². The van der Waals surface area contributed by atoms with Crippen molar-refractivity contribution in [1.29, 1.82) is 0 Å². The summed E-state index contributed by atoms with van der Waals surface area (Å²) in [5, 5.41) is 2.82. The lowest BCUT2D eigenvalue weighted by atomic mass is 10.2. The molecule has 1 aliphatic heterocycles. The summed E-state index contributed by atoms with van der Waals surface area (Å²) in [7, 11) is 1.51. The Morgan fingerprint density at radius 2 is 2.18 bits per heavy atom. The van der Waals surface area contributed by atoms with Crippen molar-refractivity contribution in [3.05, 3.63) is 24.3 Å². The van der Waals surface area contributed by atoms with Gasteiger partial charge >= 0.3 is 0 Å². The number of hydrogen-bond acceptors (Lipinski definition) is 3. The summed E-state index contributed by atoms with van der Waals surface area (Å²) < 4.78 is 4.78. The lowest BCUT2D eigenvalue weighted by Crippen LogP contribution is -2.19. The number of hydrogen-bond donors (Lipinski definition) is 1. The van der Waals surface area contributed by atoms with Gasteiger partial charge in [-0.15, -0.1) is 0 Å². The zero-order valence-corrected chi connectivity index (χ0v) is 10.1. The van der Waals surface area contributed by atoms with Crippen LogP contribution in [0.2, 0.25) is 0 Å². The Labute approximate surface area is 102 Å². The topological polar surface area (TPSA) is 41.6 Å². The number of methoxy groups -OCH3 is 1. The van der Waals surface area contributed by atoms with E-state index in [1.54, 1.807) is 0 Å². The zero-order chi connectivity index (χ0) is 12.1. The number of carbonyl (C=O) groups excluding carboxylic acids is 1. The maximum atomic E-state index is 11.4. The molecule has 0 bridgehead atoms. The van der Waals surface area contributed by atoms with E-state index in [9.17, 15) is 4.79 Å². The van der Waals surface area contributed by atoms with Crippen LogP contribution in [0.3, 0.4) is 0 Å². The molecule has 1 aromatic rings. The van der Waals surface area contributed by atoms with E-state index < -0.39 is 0 Å². The minimum absolute atomic E-state index is 0.0912. The summed E-state index contributed by atoms with van der Waals surface area (Å²) in [6.45, 7) is 2.30. The lowest BCUT2D eigenvalue weighted by molar-refractivity contribution is -0.119. The van der Waals surface area contributed by atoms with Crippen molar-refractivity contribution in [3.8, 4) is 0 Å². The third-order valence-corrected chi connectivity index (χ3v) is 2.88. The fourth-order valence-electron chi connectivity index (χ4n) is 2.08. The van der Waals surface area contributed by atoms with Crippen molar-refractivity contribution in [1.82, 2.24) is 0 Å². The van der Waals surface area contributed by atoms with E-state index in [2.05, 4.69) is 16.3 Å². The normalized spacial score (nSPS) is 15.0. The highest BCUT2D eigenvalue weighted by molar-refractivity contribution is 5.92. The Hall–Kier alpha value is -1.55. The third-order valence-electron chi connectivity index (χ3n) is 2.88. The van der Waals surface area contributed by atoms with Crippen LogP contribution < -0.4 is 10.2 Å². The molecule has 0 saturated carbocycles. The van der Waals surface area contributed by atoms with E-state index in [1.165, 1.54) is 25.6 Å². The molecule has 92 valence electrons. The summed E-state index contributed by atoms with van der Waals surface area (Å²) in [6.07, 6.45) is 2.50. The number of amides is 1. The van der Waals surface area contributed by atoms with Gasteiger partial charge in [0.1, 0.15) is 6.61 Å². The van der Waals surface area contributed by atoms with E-state index in [4.69, 9.17) is 4.74 Å². The van der Waals surface area contributed by atoms with Gasteiger partial charge in [0.25, 0.3) is 0 Å². The molecule has 17 heavy (non-hydrogen) atoms. The number of rotatable bonds is 4. The highest BCUT2D eigenvalue weighted by Gasteiger charge is 2.12. The number of anilines is 2. The van der Waals surface area contributed by atoms with Crippen molar-refractivity contribution >= 4 is 17.3 Å². The van der Waals surface area contributed by atoms with Crippen LogP contribution in [0.15, 0.2) is 24.3 Å². The average Bonchev–Trinajstić information content (AvgIpc) is 2.83. The molecule has 1 saturated heterocycles. The molecule has 0 radical (unpaired) electrons. The van der Waals surface area contributed by atoms with Crippen LogP contribution in [0.25, 0.3) is 0 Å².